The molecule has 0 unspecified atom stereocenters. The molecule has 1 aliphatic rings. The smallest absolute Gasteiger partial charge is 0.191 e. The summed E-state index contributed by atoms with van der Waals surface area (Å²) in [4.78, 5) is 8.82. The number of nitrogens with two attached hydrogens (primary N) is 1. The van der Waals surface area contributed by atoms with Crippen LogP contribution in [0, 0.1) is 0 Å². The molecule has 2 heterocycles. The van der Waals surface area contributed by atoms with Crippen molar-refractivity contribution >= 4 is 47.2 Å². The number of anilines is 1. The fraction of sp³-hybridized carbons (Fsp3) is 0.312. The normalized spacial score (nSPS) is 15.4. The number of furan rings is 1. The minimum absolute atomic E-state index is 0. The number of nitrogens with zero attached hydrogens (tertiary/aromatic N) is 3. The molecule has 1 saturated heterocycles. The van der Waals surface area contributed by atoms with Crippen molar-refractivity contribution in [1.82, 2.24) is 4.90 Å². The van der Waals surface area contributed by atoms with Crippen LogP contribution in [-0.4, -0.2) is 37.0 Å². The van der Waals surface area contributed by atoms with Crippen LogP contribution in [0.25, 0.3) is 0 Å². The molecule has 0 atom stereocenters. The molecule has 0 saturated carbocycles. The largest absolute Gasteiger partial charge is 0.467 e. The highest BCUT2D eigenvalue weighted by molar-refractivity contribution is 14.0. The lowest BCUT2D eigenvalue weighted by atomic mass is 10.2. The summed E-state index contributed by atoms with van der Waals surface area (Å²) in [6.45, 7) is 4.03. The second-order valence-corrected chi connectivity index (χ2v) is 5.64. The molecule has 1 aromatic carbocycles. The van der Waals surface area contributed by atoms with E-state index in [-0.39, 0.29) is 24.0 Å². The maximum absolute atomic E-state index is 6.07. The first-order chi connectivity index (χ1) is 10.7. The summed E-state index contributed by atoms with van der Waals surface area (Å²) in [5.41, 5.74) is 7.26. The van der Waals surface area contributed by atoms with Gasteiger partial charge >= 0.3 is 0 Å². The van der Waals surface area contributed by atoms with Crippen LogP contribution >= 0.6 is 35.6 Å². The Morgan fingerprint density at radius 1 is 1.13 bits per heavy atom. The van der Waals surface area contributed by atoms with Gasteiger partial charge in [-0.1, -0.05) is 11.6 Å². The highest BCUT2D eigenvalue weighted by Gasteiger charge is 2.18. The van der Waals surface area contributed by atoms with Crippen LogP contribution in [0.2, 0.25) is 5.02 Å². The summed E-state index contributed by atoms with van der Waals surface area (Å²) < 4.78 is 5.26. The Kier molecular flexibility index (Phi) is 6.59. The highest BCUT2D eigenvalue weighted by atomic mass is 127. The quantitative estimate of drug-likeness (QED) is 0.447. The fourth-order valence-electron chi connectivity index (χ4n) is 2.51. The van der Waals surface area contributed by atoms with E-state index in [1.54, 1.807) is 6.26 Å². The lowest BCUT2D eigenvalue weighted by Crippen LogP contribution is -2.51. The van der Waals surface area contributed by atoms with E-state index >= 15 is 0 Å². The van der Waals surface area contributed by atoms with Gasteiger partial charge in [-0.25, -0.2) is 4.99 Å². The van der Waals surface area contributed by atoms with Crippen molar-refractivity contribution in [3.05, 3.63) is 53.4 Å². The summed E-state index contributed by atoms with van der Waals surface area (Å²) in [5, 5.41) is 0.761. The molecule has 0 spiro atoms. The standard InChI is InChI=1S/C16H19ClN4O.HI/c17-13-3-5-14(6-4-13)20-7-9-21(10-8-20)16(18)19-12-15-2-1-11-22-15;/h1-6,11H,7-10,12H2,(H2,18,19);1H. The zero-order valence-corrected chi connectivity index (χ0v) is 15.8. The van der Waals surface area contributed by atoms with Crippen LogP contribution < -0.4 is 10.6 Å². The molecule has 23 heavy (non-hydrogen) atoms. The lowest BCUT2D eigenvalue weighted by Gasteiger charge is -2.36. The molecule has 0 amide bonds. The zero-order valence-electron chi connectivity index (χ0n) is 12.7. The van der Waals surface area contributed by atoms with Crippen molar-refractivity contribution in [2.24, 2.45) is 10.7 Å². The maximum Gasteiger partial charge on any atom is 0.191 e. The summed E-state index contributed by atoms with van der Waals surface area (Å²) in [6.07, 6.45) is 1.64. The Hall–Kier alpha value is -1.41. The van der Waals surface area contributed by atoms with Gasteiger partial charge in [0.1, 0.15) is 12.3 Å². The number of rotatable bonds is 3. The molecule has 1 aromatic heterocycles. The number of hydrogen-bond donors (Lipinski definition) is 1. The Morgan fingerprint density at radius 3 is 2.43 bits per heavy atom. The van der Waals surface area contributed by atoms with Crippen molar-refractivity contribution in [2.45, 2.75) is 6.54 Å². The van der Waals surface area contributed by atoms with E-state index in [0.29, 0.717) is 12.5 Å². The Labute approximate surface area is 158 Å². The van der Waals surface area contributed by atoms with Crippen LogP contribution in [-0.2, 0) is 6.54 Å². The third-order valence-corrected chi connectivity index (χ3v) is 4.02. The third kappa shape index (κ3) is 4.78. The van der Waals surface area contributed by atoms with Gasteiger partial charge in [0.05, 0.1) is 6.26 Å². The molecule has 124 valence electrons. The van der Waals surface area contributed by atoms with E-state index in [9.17, 15) is 0 Å². The van der Waals surface area contributed by atoms with E-state index < -0.39 is 0 Å². The van der Waals surface area contributed by atoms with Gasteiger partial charge in [-0.3, -0.25) is 0 Å². The molecule has 0 bridgehead atoms. The van der Waals surface area contributed by atoms with Gasteiger partial charge in [-0.15, -0.1) is 24.0 Å². The van der Waals surface area contributed by atoms with E-state index in [0.717, 1.165) is 37.0 Å². The monoisotopic (exact) mass is 446 g/mol. The average Bonchev–Trinajstić information content (AvgIpc) is 3.07. The first-order valence-electron chi connectivity index (χ1n) is 7.30. The maximum atomic E-state index is 6.07. The molecular formula is C16H20ClIN4O. The molecule has 1 fully saturated rings. The molecule has 0 aliphatic carbocycles. The Morgan fingerprint density at radius 2 is 1.83 bits per heavy atom. The number of halogens is 2. The predicted octanol–water partition coefficient (Wildman–Crippen LogP) is 3.19. The van der Waals surface area contributed by atoms with Crippen molar-refractivity contribution in [3.8, 4) is 0 Å². The van der Waals surface area contributed by atoms with Crippen LogP contribution in [0.3, 0.4) is 0 Å². The molecule has 7 heteroatoms. The molecule has 2 N–H and O–H groups in total. The van der Waals surface area contributed by atoms with Gasteiger partial charge in [0, 0.05) is 36.9 Å². The van der Waals surface area contributed by atoms with E-state index in [1.165, 1.54) is 5.69 Å². The van der Waals surface area contributed by atoms with Gasteiger partial charge in [-0.2, -0.15) is 0 Å². The summed E-state index contributed by atoms with van der Waals surface area (Å²) in [7, 11) is 0. The molecular weight excluding hydrogens is 427 g/mol. The van der Waals surface area contributed by atoms with Crippen LogP contribution in [0.4, 0.5) is 5.69 Å². The van der Waals surface area contributed by atoms with Crippen molar-refractivity contribution in [3.63, 3.8) is 0 Å². The number of aliphatic imine (C=N–C) groups is 1. The Balaban J connectivity index is 0.00000192. The lowest BCUT2D eigenvalue weighted by molar-refractivity contribution is 0.380. The molecule has 0 radical (unpaired) electrons. The van der Waals surface area contributed by atoms with Crippen LogP contribution in [0.15, 0.2) is 52.1 Å². The molecule has 5 nitrogen and oxygen atoms in total. The van der Waals surface area contributed by atoms with Gasteiger partial charge in [0.2, 0.25) is 0 Å². The highest BCUT2D eigenvalue weighted by Crippen LogP contribution is 2.19. The van der Waals surface area contributed by atoms with Gasteiger partial charge in [-0.05, 0) is 36.4 Å². The molecule has 2 aromatic rings. The minimum atomic E-state index is 0. The second kappa shape index (κ2) is 8.44. The first kappa shape index (κ1) is 17.9. The van der Waals surface area contributed by atoms with E-state index in [2.05, 4.69) is 14.8 Å². The van der Waals surface area contributed by atoms with Crippen molar-refractivity contribution < 1.29 is 4.42 Å². The van der Waals surface area contributed by atoms with Crippen molar-refractivity contribution in [2.75, 3.05) is 31.1 Å². The van der Waals surface area contributed by atoms with Crippen LogP contribution in [0.5, 0.6) is 0 Å². The molecule has 1 aliphatic heterocycles. The number of guanidine groups is 1. The van der Waals surface area contributed by atoms with Gasteiger partial charge < -0.3 is 20.0 Å². The predicted molar refractivity (Wildman–Crippen MR) is 105 cm³/mol. The summed E-state index contributed by atoms with van der Waals surface area (Å²) in [6, 6.07) is 11.7. The topological polar surface area (TPSA) is 58.0 Å². The third-order valence-electron chi connectivity index (χ3n) is 3.77. The Bertz CT molecular complexity index is 622. The van der Waals surface area contributed by atoms with E-state index in [4.69, 9.17) is 21.8 Å². The number of hydrogen-bond acceptors (Lipinski definition) is 3. The fourth-order valence-corrected chi connectivity index (χ4v) is 2.63. The van der Waals surface area contributed by atoms with Gasteiger partial charge in [0.15, 0.2) is 5.96 Å². The average molecular weight is 447 g/mol. The van der Waals surface area contributed by atoms with E-state index in [1.807, 2.05) is 36.4 Å². The SMILES string of the molecule is I.NC(=NCc1ccco1)N1CCN(c2ccc(Cl)cc2)CC1. The van der Waals surface area contributed by atoms with Crippen molar-refractivity contribution in [1.29, 1.82) is 0 Å². The van der Waals surface area contributed by atoms with Gasteiger partial charge in [0.25, 0.3) is 0 Å². The first-order valence-corrected chi connectivity index (χ1v) is 7.68. The molecule has 3 rings (SSSR count). The summed E-state index contributed by atoms with van der Waals surface area (Å²) in [5.74, 6) is 1.40. The second-order valence-electron chi connectivity index (χ2n) is 5.20. The number of benzene rings is 1. The summed E-state index contributed by atoms with van der Waals surface area (Å²) >= 11 is 5.93. The van der Waals surface area contributed by atoms with Crippen LogP contribution in [0.1, 0.15) is 5.76 Å². The minimum Gasteiger partial charge on any atom is -0.467 e. The number of piperazine rings is 1. The zero-order chi connectivity index (χ0) is 15.4.